The van der Waals surface area contributed by atoms with Gasteiger partial charge in [-0.25, -0.2) is 15.0 Å². The molecule has 0 atom stereocenters. The van der Waals surface area contributed by atoms with Crippen LogP contribution in [0.4, 0.5) is 0 Å². The second-order valence-corrected chi connectivity index (χ2v) is 12.7. The van der Waals surface area contributed by atoms with Gasteiger partial charge in [0, 0.05) is 33.7 Å². The highest BCUT2D eigenvalue weighted by atomic mass is 16.3. The lowest BCUT2D eigenvalue weighted by atomic mass is 9.95. The lowest BCUT2D eigenvalue weighted by Gasteiger charge is -2.11. The maximum atomic E-state index is 6.62. The topological polar surface area (TPSA) is 51.8 Å². The van der Waals surface area contributed by atoms with Gasteiger partial charge in [0.15, 0.2) is 11.6 Å². The predicted molar refractivity (Wildman–Crippen MR) is 223 cm³/mol. The number of furan rings is 1. The highest BCUT2D eigenvalue weighted by molar-refractivity contribution is 6.21. The number of benzene rings is 6. The third-order valence-corrected chi connectivity index (χ3v) is 9.45. The van der Waals surface area contributed by atoms with Gasteiger partial charge in [-0.2, -0.15) is 0 Å². The zero-order chi connectivity index (χ0) is 36.1. The summed E-state index contributed by atoms with van der Waals surface area (Å²) >= 11 is 0. The maximum absolute atomic E-state index is 6.62. The Kier molecular flexibility index (Phi) is 9.25. The Bertz CT molecular complexity index is 2790. The molecule has 4 nitrogen and oxygen atoms in total. The monoisotopic (exact) mass is 683 g/mol. The number of fused-ring (bicyclic) bond motifs is 6. The van der Waals surface area contributed by atoms with Crippen molar-refractivity contribution in [1.82, 2.24) is 15.0 Å². The third-order valence-electron chi connectivity index (χ3n) is 9.45. The fourth-order valence-corrected chi connectivity index (χ4v) is 7.02. The molecule has 0 fully saturated rings. The van der Waals surface area contributed by atoms with E-state index in [9.17, 15) is 0 Å². The van der Waals surface area contributed by atoms with Gasteiger partial charge in [0.1, 0.15) is 17.0 Å². The van der Waals surface area contributed by atoms with Crippen molar-refractivity contribution < 1.29 is 4.42 Å². The first-order valence-corrected chi connectivity index (χ1v) is 17.8. The van der Waals surface area contributed by atoms with Crippen molar-refractivity contribution in [3.63, 3.8) is 0 Å². The average molecular weight is 684 g/mol. The van der Waals surface area contributed by atoms with Crippen molar-refractivity contribution in [3.8, 4) is 22.8 Å². The molecule has 0 aliphatic rings. The number of allylic oxidation sites excluding steroid dienone is 10. The van der Waals surface area contributed by atoms with Gasteiger partial charge in [-0.1, -0.05) is 171 Å². The van der Waals surface area contributed by atoms with Crippen LogP contribution in [0, 0.1) is 0 Å². The van der Waals surface area contributed by atoms with Crippen LogP contribution in [0.15, 0.2) is 188 Å². The van der Waals surface area contributed by atoms with E-state index >= 15 is 0 Å². The summed E-state index contributed by atoms with van der Waals surface area (Å²) in [6.07, 6.45) is 16.7. The molecule has 2 heterocycles. The first-order valence-electron chi connectivity index (χ1n) is 17.8. The number of aromatic nitrogens is 3. The van der Waals surface area contributed by atoms with Crippen molar-refractivity contribution in [2.45, 2.75) is 13.3 Å². The Hall–Kier alpha value is -6.91. The van der Waals surface area contributed by atoms with Crippen molar-refractivity contribution in [1.29, 1.82) is 0 Å². The van der Waals surface area contributed by atoms with E-state index in [0.29, 0.717) is 23.9 Å². The lowest BCUT2D eigenvalue weighted by Crippen LogP contribution is -2.03. The van der Waals surface area contributed by atoms with Crippen LogP contribution in [-0.4, -0.2) is 15.0 Å². The number of hydrogen-bond acceptors (Lipinski definition) is 4. The Labute approximate surface area is 309 Å². The van der Waals surface area contributed by atoms with Crippen molar-refractivity contribution in [2.24, 2.45) is 0 Å². The Morgan fingerprint density at radius 1 is 0.660 bits per heavy atom. The second-order valence-electron chi connectivity index (χ2n) is 12.7. The van der Waals surface area contributed by atoms with Gasteiger partial charge >= 0.3 is 0 Å². The molecular formula is C49H37N3O. The third kappa shape index (κ3) is 6.43. The fraction of sp³-hybridized carbons (Fsp3) is 0.0408. The van der Waals surface area contributed by atoms with Crippen molar-refractivity contribution >= 4 is 54.6 Å². The second kappa shape index (κ2) is 14.7. The first kappa shape index (κ1) is 33.2. The van der Waals surface area contributed by atoms with Crippen LogP contribution >= 0.6 is 0 Å². The summed E-state index contributed by atoms with van der Waals surface area (Å²) in [5.74, 6) is 1.91. The van der Waals surface area contributed by atoms with Crippen LogP contribution in [0.5, 0.6) is 0 Å². The maximum Gasteiger partial charge on any atom is 0.164 e. The minimum absolute atomic E-state index is 0.506. The molecule has 0 N–H and O–H groups in total. The van der Waals surface area contributed by atoms with Crippen LogP contribution < -0.4 is 0 Å². The van der Waals surface area contributed by atoms with Gasteiger partial charge in [-0.15, -0.1) is 0 Å². The molecule has 0 aliphatic heterocycles. The van der Waals surface area contributed by atoms with E-state index in [2.05, 4.69) is 98.1 Å². The van der Waals surface area contributed by atoms with E-state index in [1.807, 2.05) is 91.9 Å². The molecule has 0 bridgehead atoms. The molecule has 0 saturated carbocycles. The molecule has 6 aromatic carbocycles. The van der Waals surface area contributed by atoms with Gasteiger partial charge in [0.05, 0.1) is 0 Å². The van der Waals surface area contributed by atoms with Crippen LogP contribution in [-0.2, 0) is 6.42 Å². The summed E-state index contributed by atoms with van der Waals surface area (Å²) in [4.78, 5) is 15.3. The summed E-state index contributed by atoms with van der Waals surface area (Å²) in [5, 5.41) is 6.41. The smallest absolute Gasteiger partial charge is 0.164 e. The van der Waals surface area contributed by atoms with E-state index in [4.69, 9.17) is 19.4 Å². The highest BCUT2D eigenvalue weighted by Gasteiger charge is 2.20. The van der Waals surface area contributed by atoms with Gasteiger partial charge in [0.2, 0.25) is 0 Å². The van der Waals surface area contributed by atoms with Gasteiger partial charge in [-0.3, -0.25) is 0 Å². The molecule has 8 aromatic rings. The molecule has 0 unspecified atom stereocenters. The molecule has 2 aromatic heterocycles. The van der Waals surface area contributed by atoms with Crippen LogP contribution in [0.1, 0.15) is 23.9 Å². The Morgan fingerprint density at radius 2 is 1.38 bits per heavy atom. The molecule has 8 rings (SSSR count). The Balaban J connectivity index is 1.30. The number of rotatable bonds is 10. The Morgan fingerprint density at radius 3 is 2.19 bits per heavy atom. The predicted octanol–water partition coefficient (Wildman–Crippen LogP) is 12.9. The van der Waals surface area contributed by atoms with Gasteiger partial charge in [0.25, 0.3) is 0 Å². The van der Waals surface area contributed by atoms with Crippen molar-refractivity contribution in [2.75, 3.05) is 0 Å². The molecule has 0 saturated heterocycles. The summed E-state index contributed by atoms with van der Waals surface area (Å²) in [5.41, 5.74) is 7.76. The van der Waals surface area contributed by atoms with E-state index in [-0.39, 0.29) is 0 Å². The fourth-order valence-electron chi connectivity index (χ4n) is 7.02. The molecule has 0 spiro atoms. The molecule has 0 aliphatic carbocycles. The highest BCUT2D eigenvalue weighted by Crippen LogP contribution is 2.42. The number of nitrogens with zero attached hydrogens (tertiary/aromatic N) is 3. The molecule has 53 heavy (non-hydrogen) atoms. The van der Waals surface area contributed by atoms with Gasteiger partial charge in [-0.05, 0) is 57.5 Å². The molecule has 0 amide bonds. The minimum atomic E-state index is 0.506. The summed E-state index contributed by atoms with van der Waals surface area (Å²) in [7, 11) is 0. The molecule has 0 radical (unpaired) electrons. The first-order chi connectivity index (χ1) is 26.2. The van der Waals surface area contributed by atoms with E-state index in [0.717, 1.165) is 66.1 Å². The quantitative estimate of drug-likeness (QED) is 0.135. The zero-order valence-electron chi connectivity index (χ0n) is 29.5. The normalized spacial score (nSPS) is 12.5. The van der Waals surface area contributed by atoms with Crippen molar-refractivity contribution in [3.05, 3.63) is 200 Å². The van der Waals surface area contributed by atoms with E-state index in [1.165, 1.54) is 10.8 Å². The minimum Gasteiger partial charge on any atom is -0.455 e. The van der Waals surface area contributed by atoms with Crippen LogP contribution in [0.2, 0.25) is 0 Å². The molecular weight excluding hydrogens is 647 g/mol. The van der Waals surface area contributed by atoms with E-state index in [1.54, 1.807) is 0 Å². The summed E-state index contributed by atoms with van der Waals surface area (Å²) < 4.78 is 6.62. The standard InChI is InChI=1S/C49H37N3O/c1-4-7-19-33(6-3)39-29-17-30-44-46(39)43-32-42(40-26-13-14-27-41(40)47(43)53-44)49-51-45(50-48(52-49)36-21-9-8-10-22-36)31-16-24-34(18-5-2)38-28-15-23-35-20-11-12-25-37(35)38/h4-30,32H,2-3,31H2,1H3/b7-4-,24-16-,33-19+,34-18+. The summed E-state index contributed by atoms with van der Waals surface area (Å²) in [6.45, 7) is 10.1. The zero-order valence-corrected chi connectivity index (χ0v) is 29.5. The largest absolute Gasteiger partial charge is 0.455 e. The molecule has 4 heteroatoms. The van der Waals surface area contributed by atoms with Crippen LogP contribution in [0.3, 0.4) is 0 Å². The average Bonchev–Trinajstić information content (AvgIpc) is 3.60. The number of hydrogen-bond donors (Lipinski definition) is 0. The lowest BCUT2D eigenvalue weighted by molar-refractivity contribution is 0.672. The van der Waals surface area contributed by atoms with E-state index < -0.39 is 0 Å². The van der Waals surface area contributed by atoms with Crippen LogP contribution in [0.25, 0.3) is 77.4 Å². The SMILES string of the molecule is C=C/C=C(\C=C/Cc1nc(-c2ccccc2)nc(-c2cc3c(oc4cccc(/C(C=C)=C/C=C\C)c43)c3ccccc23)n1)c1cccc2ccccc12. The summed E-state index contributed by atoms with van der Waals surface area (Å²) in [6, 6.07) is 41.6. The van der Waals surface area contributed by atoms with Gasteiger partial charge < -0.3 is 4.42 Å². The molecule has 254 valence electrons.